The molecule has 0 saturated carbocycles. The number of amides is 2. The van der Waals surface area contributed by atoms with Gasteiger partial charge in [-0.05, 0) is 70.6 Å². The number of hydrogen-bond acceptors (Lipinski definition) is 4. The molecule has 0 aromatic heterocycles. The SMILES string of the molecule is CCCCNC(=O)[C@@H](C)N(Cc1cccc(OC)c1)C(=O)COc1ccc(C(C)C)cc1Br. The van der Waals surface area contributed by atoms with E-state index < -0.39 is 6.04 Å². The van der Waals surface area contributed by atoms with Crippen molar-refractivity contribution in [2.45, 2.75) is 59.0 Å². The predicted octanol–water partition coefficient (Wildman–Crippen LogP) is 5.29. The Morgan fingerprint density at radius 3 is 2.52 bits per heavy atom. The molecule has 2 amide bonds. The van der Waals surface area contributed by atoms with Gasteiger partial charge in [-0.15, -0.1) is 0 Å². The van der Waals surface area contributed by atoms with Crippen LogP contribution in [0.1, 0.15) is 57.6 Å². The average Bonchev–Trinajstić information content (AvgIpc) is 2.81. The van der Waals surface area contributed by atoms with Crippen molar-refractivity contribution in [3.05, 3.63) is 58.1 Å². The van der Waals surface area contributed by atoms with Crippen molar-refractivity contribution in [3.8, 4) is 11.5 Å². The fraction of sp³-hybridized carbons (Fsp3) is 0.462. The Morgan fingerprint density at radius 1 is 1.12 bits per heavy atom. The molecule has 0 heterocycles. The molecule has 0 aliphatic carbocycles. The minimum absolute atomic E-state index is 0.170. The van der Waals surface area contributed by atoms with Gasteiger partial charge in [0.1, 0.15) is 17.5 Å². The molecule has 0 saturated heterocycles. The third kappa shape index (κ3) is 8.07. The highest BCUT2D eigenvalue weighted by atomic mass is 79.9. The van der Waals surface area contributed by atoms with Crippen molar-refractivity contribution in [1.82, 2.24) is 10.2 Å². The summed E-state index contributed by atoms with van der Waals surface area (Å²) < 4.78 is 11.9. The van der Waals surface area contributed by atoms with Crippen LogP contribution >= 0.6 is 15.9 Å². The van der Waals surface area contributed by atoms with Crippen LogP contribution in [0.5, 0.6) is 11.5 Å². The molecular weight excluding hydrogens is 484 g/mol. The molecule has 7 heteroatoms. The van der Waals surface area contributed by atoms with E-state index in [-0.39, 0.29) is 25.0 Å². The maximum absolute atomic E-state index is 13.2. The lowest BCUT2D eigenvalue weighted by Gasteiger charge is -2.29. The highest BCUT2D eigenvalue weighted by Crippen LogP contribution is 2.29. The molecule has 2 rings (SSSR count). The number of halogens is 1. The zero-order valence-electron chi connectivity index (χ0n) is 20.2. The van der Waals surface area contributed by atoms with Crippen LogP contribution in [0.25, 0.3) is 0 Å². The first-order valence-corrected chi connectivity index (χ1v) is 12.2. The molecule has 1 N–H and O–H groups in total. The lowest BCUT2D eigenvalue weighted by atomic mass is 10.0. The largest absolute Gasteiger partial charge is 0.497 e. The van der Waals surface area contributed by atoms with Gasteiger partial charge in [-0.3, -0.25) is 9.59 Å². The zero-order chi connectivity index (χ0) is 24.4. The van der Waals surface area contributed by atoms with E-state index in [0.29, 0.717) is 24.0 Å². The molecule has 0 unspecified atom stereocenters. The summed E-state index contributed by atoms with van der Waals surface area (Å²) in [6, 6.07) is 12.7. The van der Waals surface area contributed by atoms with Gasteiger partial charge in [-0.25, -0.2) is 0 Å². The highest BCUT2D eigenvalue weighted by Gasteiger charge is 2.26. The summed E-state index contributed by atoms with van der Waals surface area (Å²) in [6.07, 6.45) is 1.88. The van der Waals surface area contributed by atoms with Crippen LogP contribution in [0, 0.1) is 0 Å². The summed E-state index contributed by atoms with van der Waals surface area (Å²) in [5.41, 5.74) is 2.05. The smallest absolute Gasteiger partial charge is 0.261 e. The molecule has 33 heavy (non-hydrogen) atoms. The second-order valence-corrected chi connectivity index (χ2v) is 9.18. The van der Waals surface area contributed by atoms with Crippen LogP contribution in [0.4, 0.5) is 0 Å². The normalized spacial score (nSPS) is 11.7. The minimum Gasteiger partial charge on any atom is -0.497 e. The van der Waals surface area contributed by atoms with Crippen LogP contribution in [0.3, 0.4) is 0 Å². The number of rotatable bonds is 12. The number of benzene rings is 2. The van der Waals surface area contributed by atoms with Crippen LogP contribution in [0.2, 0.25) is 0 Å². The third-order valence-electron chi connectivity index (χ3n) is 5.46. The summed E-state index contributed by atoms with van der Waals surface area (Å²) >= 11 is 3.53. The van der Waals surface area contributed by atoms with Gasteiger partial charge in [0, 0.05) is 13.1 Å². The molecule has 0 spiro atoms. The summed E-state index contributed by atoms with van der Waals surface area (Å²) in [4.78, 5) is 27.5. The van der Waals surface area contributed by atoms with Gasteiger partial charge in [0.15, 0.2) is 6.61 Å². The number of ether oxygens (including phenoxy) is 2. The Bertz CT molecular complexity index is 932. The van der Waals surface area contributed by atoms with Crippen molar-refractivity contribution in [2.24, 2.45) is 0 Å². The van der Waals surface area contributed by atoms with Crippen LogP contribution in [-0.4, -0.2) is 43.0 Å². The molecule has 1 atom stereocenters. The van der Waals surface area contributed by atoms with Crippen LogP contribution < -0.4 is 14.8 Å². The van der Waals surface area contributed by atoms with Gasteiger partial charge in [-0.2, -0.15) is 0 Å². The number of nitrogens with one attached hydrogen (secondary N) is 1. The summed E-state index contributed by atoms with van der Waals surface area (Å²) in [5.74, 6) is 1.24. The van der Waals surface area contributed by atoms with E-state index in [1.54, 1.807) is 18.9 Å². The molecule has 0 aliphatic rings. The number of carbonyl (C=O) groups is 2. The van der Waals surface area contributed by atoms with Gasteiger partial charge in [0.25, 0.3) is 5.91 Å². The second kappa shape index (κ2) is 13.2. The Balaban J connectivity index is 2.16. The first-order chi connectivity index (χ1) is 15.8. The van der Waals surface area contributed by atoms with Crippen molar-refractivity contribution in [1.29, 1.82) is 0 Å². The van der Waals surface area contributed by atoms with Gasteiger partial charge in [0.05, 0.1) is 11.6 Å². The number of unbranched alkanes of at least 4 members (excludes halogenated alkanes) is 1. The van der Waals surface area contributed by atoms with E-state index in [2.05, 4.69) is 42.0 Å². The average molecular weight is 519 g/mol. The van der Waals surface area contributed by atoms with Crippen molar-refractivity contribution in [2.75, 3.05) is 20.3 Å². The Hall–Kier alpha value is -2.54. The van der Waals surface area contributed by atoms with E-state index in [1.165, 1.54) is 5.56 Å². The lowest BCUT2D eigenvalue weighted by Crippen LogP contribution is -2.49. The molecular formula is C26H35BrN2O4. The van der Waals surface area contributed by atoms with Gasteiger partial charge < -0.3 is 19.7 Å². The molecule has 2 aromatic rings. The van der Waals surface area contributed by atoms with E-state index in [4.69, 9.17) is 9.47 Å². The first-order valence-electron chi connectivity index (χ1n) is 11.4. The van der Waals surface area contributed by atoms with Gasteiger partial charge in [-0.1, -0.05) is 45.4 Å². The molecule has 2 aromatic carbocycles. The fourth-order valence-corrected chi connectivity index (χ4v) is 3.81. The third-order valence-corrected chi connectivity index (χ3v) is 6.08. The summed E-state index contributed by atoms with van der Waals surface area (Å²) in [7, 11) is 1.60. The Morgan fingerprint density at radius 2 is 1.88 bits per heavy atom. The number of nitrogens with zero attached hydrogens (tertiary/aromatic N) is 1. The topological polar surface area (TPSA) is 67.9 Å². The highest BCUT2D eigenvalue weighted by molar-refractivity contribution is 9.10. The molecule has 0 fully saturated rings. The summed E-state index contributed by atoms with van der Waals surface area (Å²) in [5, 5.41) is 2.92. The fourth-order valence-electron chi connectivity index (χ4n) is 3.30. The van der Waals surface area contributed by atoms with Crippen molar-refractivity contribution >= 4 is 27.7 Å². The quantitative estimate of drug-likeness (QED) is 0.387. The molecule has 0 bridgehead atoms. The van der Waals surface area contributed by atoms with E-state index in [1.807, 2.05) is 42.5 Å². The van der Waals surface area contributed by atoms with E-state index >= 15 is 0 Å². The Kier molecular flexibility index (Phi) is 10.7. The standard InChI is InChI=1S/C26H35BrN2O4/c1-6-7-13-28-26(31)19(4)29(16-20-9-8-10-22(14-20)32-5)25(30)17-33-24-12-11-21(18(2)3)15-23(24)27/h8-12,14-15,18-19H,6-7,13,16-17H2,1-5H3,(H,28,31)/t19-/m1/s1. The molecule has 0 radical (unpaired) electrons. The second-order valence-electron chi connectivity index (χ2n) is 8.33. The number of hydrogen-bond donors (Lipinski definition) is 1. The molecule has 6 nitrogen and oxygen atoms in total. The number of methoxy groups -OCH3 is 1. The van der Waals surface area contributed by atoms with Crippen molar-refractivity contribution in [3.63, 3.8) is 0 Å². The first kappa shape index (κ1) is 26.7. The number of carbonyl (C=O) groups excluding carboxylic acids is 2. The van der Waals surface area contributed by atoms with Crippen LogP contribution in [-0.2, 0) is 16.1 Å². The summed E-state index contributed by atoms with van der Waals surface area (Å²) in [6.45, 7) is 8.74. The predicted molar refractivity (Wildman–Crippen MR) is 135 cm³/mol. The maximum atomic E-state index is 13.2. The van der Waals surface area contributed by atoms with E-state index in [0.717, 1.165) is 22.9 Å². The zero-order valence-corrected chi connectivity index (χ0v) is 21.8. The van der Waals surface area contributed by atoms with Crippen LogP contribution in [0.15, 0.2) is 46.9 Å². The monoisotopic (exact) mass is 518 g/mol. The van der Waals surface area contributed by atoms with Crippen molar-refractivity contribution < 1.29 is 19.1 Å². The Labute approximate surface area is 205 Å². The molecule has 180 valence electrons. The maximum Gasteiger partial charge on any atom is 0.261 e. The van der Waals surface area contributed by atoms with Gasteiger partial charge >= 0.3 is 0 Å². The lowest BCUT2D eigenvalue weighted by molar-refractivity contribution is -0.142. The molecule has 0 aliphatic heterocycles. The minimum atomic E-state index is -0.643. The van der Waals surface area contributed by atoms with E-state index in [9.17, 15) is 9.59 Å². The van der Waals surface area contributed by atoms with Gasteiger partial charge in [0.2, 0.25) is 5.91 Å².